The number of allylic oxidation sites excluding steroid dienone is 1. The summed E-state index contributed by atoms with van der Waals surface area (Å²) in [5.41, 5.74) is 5.52. The van der Waals surface area contributed by atoms with Crippen LogP contribution in [0.4, 0.5) is 4.79 Å². The summed E-state index contributed by atoms with van der Waals surface area (Å²) in [6.07, 6.45) is 0.392. The smallest absolute Gasteiger partial charge is 0.337 e. The highest BCUT2D eigenvalue weighted by Gasteiger charge is 2.32. The Bertz CT molecular complexity index is 1510. The number of benzene rings is 3. The van der Waals surface area contributed by atoms with Crippen molar-refractivity contribution in [2.24, 2.45) is 5.10 Å². The van der Waals surface area contributed by atoms with Crippen LogP contribution in [0.25, 0.3) is 0 Å². The maximum Gasteiger partial charge on any atom is 0.337 e. The van der Waals surface area contributed by atoms with Gasteiger partial charge in [0.15, 0.2) is 17.7 Å². The molecule has 0 bridgehead atoms. The molecule has 43 heavy (non-hydrogen) atoms. The number of methoxy groups -OCH3 is 1. The predicted molar refractivity (Wildman–Crippen MR) is 161 cm³/mol. The Morgan fingerprint density at radius 2 is 1.88 bits per heavy atom. The first kappa shape index (κ1) is 31.2. The predicted octanol–water partition coefficient (Wildman–Crippen LogP) is 4.44. The van der Waals surface area contributed by atoms with Gasteiger partial charge in [-0.2, -0.15) is 5.10 Å². The van der Waals surface area contributed by atoms with Crippen molar-refractivity contribution >= 4 is 29.8 Å². The fourth-order valence-electron chi connectivity index (χ4n) is 4.32. The first-order valence-electron chi connectivity index (χ1n) is 13.5. The lowest BCUT2D eigenvalue weighted by Gasteiger charge is -2.28. The number of para-hydroxylation sites is 1. The number of hydrogen-bond donors (Lipinski definition) is 4. The molecule has 1 aliphatic rings. The summed E-state index contributed by atoms with van der Waals surface area (Å²) in [6, 6.07) is 18.6. The lowest BCUT2D eigenvalue weighted by atomic mass is 9.95. The van der Waals surface area contributed by atoms with Gasteiger partial charge in [-0.3, -0.25) is 5.43 Å². The summed E-state index contributed by atoms with van der Waals surface area (Å²) in [6.45, 7) is 3.96. The van der Waals surface area contributed by atoms with E-state index >= 15 is 0 Å². The van der Waals surface area contributed by atoms with Crippen molar-refractivity contribution in [1.82, 2.24) is 16.1 Å². The first-order chi connectivity index (χ1) is 20.8. The summed E-state index contributed by atoms with van der Waals surface area (Å²) in [7, 11) is 1.28. The van der Waals surface area contributed by atoms with Gasteiger partial charge in [0.25, 0.3) is 0 Å². The number of aliphatic hydroxyl groups excluding tert-OH is 1. The Kier molecular flexibility index (Phi) is 10.8. The topological polar surface area (TPSA) is 140 Å². The van der Waals surface area contributed by atoms with Gasteiger partial charge >= 0.3 is 12.0 Å². The molecule has 1 aliphatic heterocycles. The van der Waals surface area contributed by atoms with Crippen molar-refractivity contribution in [2.45, 2.75) is 32.7 Å². The maximum absolute atomic E-state index is 12.4. The molecule has 0 saturated carbocycles. The molecule has 4 rings (SSSR count). The molecule has 0 radical (unpaired) electrons. The van der Waals surface area contributed by atoms with Gasteiger partial charge in [-0.15, -0.1) is 0 Å². The number of carbonyl (C=O) groups excluding carboxylic acids is 2. The molecular formula is C31H33ClN4O7. The first-order valence-corrected chi connectivity index (χ1v) is 13.9. The number of esters is 1. The standard InChI is InChI=1S/C31H33ClN4O7/c1-4-41-26-15-21(29-28(30(38)40-3)19(2)34-31(39)35-29)12-13-25(26)43-18-27(37)36-33-16-22-9-5-6-11-24(22)42-17-20-8-7-10-23(32)14-20/h5-16,27,29,36-37H,4,17-18H2,1-3H3,(H2,34,35,39)/b33-16+/t27-,29+/m0/s1. The Balaban J connectivity index is 1.38. The summed E-state index contributed by atoms with van der Waals surface area (Å²) in [4.78, 5) is 24.6. The summed E-state index contributed by atoms with van der Waals surface area (Å²) in [5.74, 6) is 0.774. The molecule has 11 nitrogen and oxygen atoms in total. The van der Waals surface area contributed by atoms with Crippen LogP contribution in [0.1, 0.15) is 36.6 Å². The normalized spacial score (nSPS) is 15.4. The monoisotopic (exact) mass is 608 g/mol. The van der Waals surface area contributed by atoms with E-state index in [2.05, 4.69) is 21.2 Å². The lowest BCUT2D eigenvalue weighted by molar-refractivity contribution is -0.136. The van der Waals surface area contributed by atoms with Gasteiger partial charge < -0.3 is 34.7 Å². The molecule has 2 atom stereocenters. The Hall–Kier alpha value is -4.74. The molecule has 4 N–H and O–H groups in total. The Labute approximate surface area is 254 Å². The number of halogens is 1. The number of rotatable bonds is 13. The summed E-state index contributed by atoms with van der Waals surface area (Å²) in [5, 5.41) is 20.5. The molecule has 0 fully saturated rings. The molecule has 1 heterocycles. The van der Waals surface area contributed by atoms with Crippen molar-refractivity contribution in [1.29, 1.82) is 0 Å². The van der Waals surface area contributed by atoms with Crippen molar-refractivity contribution in [2.75, 3.05) is 20.3 Å². The van der Waals surface area contributed by atoms with Gasteiger partial charge in [-0.1, -0.05) is 41.9 Å². The average molecular weight is 609 g/mol. The molecule has 0 aromatic heterocycles. The molecule has 3 aromatic rings. The van der Waals surface area contributed by atoms with E-state index in [0.29, 0.717) is 52.3 Å². The van der Waals surface area contributed by atoms with Crippen LogP contribution in [-0.4, -0.2) is 49.9 Å². The number of hydrazone groups is 1. The molecule has 0 spiro atoms. The highest BCUT2D eigenvalue weighted by atomic mass is 35.5. The molecule has 226 valence electrons. The van der Waals surface area contributed by atoms with E-state index in [-0.39, 0.29) is 12.2 Å². The number of carbonyl (C=O) groups is 2. The second-order valence-corrected chi connectivity index (χ2v) is 9.81. The van der Waals surface area contributed by atoms with Gasteiger partial charge in [0, 0.05) is 16.3 Å². The van der Waals surface area contributed by atoms with Crippen LogP contribution in [0.15, 0.2) is 83.1 Å². The van der Waals surface area contributed by atoms with Crippen LogP contribution >= 0.6 is 11.6 Å². The second kappa shape index (κ2) is 14.9. The SMILES string of the molecule is CCOc1cc([C@H]2NC(=O)NC(C)=C2C(=O)OC)ccc1OC[C@H](O)N/N=C/c1ccccc1OCc1cccc(Cl)c1. The van der Waals surface area contributed by atoms with Crippen LogP contribution in [0, 0.1) is 0 Å². The molecule has 3 aromatic carbocycles. The number of aliphatic hydroxyl groups is 1. The van der Waals surface area contributed by atoms with Gasteiger partial charge in [0.1, 0.15) is 19.0 Å². The van der Waals surface area contributed by atoms with E-state index in [1.807, 2.05) is 49.4 Å². The van der Waals surface area contributed by atoms with E-state index in [1.54, 1.807) is 37.4 Å². The zero-order valence-corrected chi connectivity index (χ0v) is 24.7. The quantitative estimate of drug-likeness (QED) is 0.0967. The number of urea groups is 1. The fourth-order valence-corrected chi connectivity index (χ4v) is 4.53. The fraction of sp³-hybridized carbons (Fsp3) is 0.258. The van der Waals surface area contributed by atoms with Gasteiger partial charge in [0.2, 0.25) is 0 Å². The third-order valence-corrected chi connectivity index (χ3v) is 6.54. The summed E-state index contributed by atoms with van der Waals surface area (Å²) < 4.78 is 22.4. The number of nitrogens with zero attached hydrogens (tertiary/aromatic N) is 1. The zero-order chi connectivity index (χ0) is 30.8. The van der Waals surface area contributed by atoms with E-state index in [9.17, 15) is 14.7 Å². The van der Waals surface area contributed by atoms with Crippen LogP contribution in [-0.2, 0) is 16.1 Å². The minimum absolute atomic E-state index is 0.153. The minimum Gasteiger partial charge on any atom is -0.490 e. The van der Waals surface area contributed by atoms with Crippen molar-refractivity contribution in [3.63, 3.8) is 0 Å². The molecular weight excluding hydrogens is 576 g/mol. The minimum atomic E-state index is -1.15. The Morgan fingerprint density at radius 1 is 1.07 bits per heavy atom. The van der Waals surface area contributed by atoms with Crippen molar-refractivity contribution < 1.29 is 33.6 Å². The lowest BCUT2D eigenvalue weighted by Crippen LogP contribution is -2.45. The van der Waals surface area contributed by atoms with Gasteiger partial charge in [-0.25, -0.2) is 9.59 Å². The maximum atomic E-state index is 12.4. The third kappa shape index (κ3) is 8.40. The number of hydrogen-bond acceptors (Lipinski definition) is 9. The molecule has 12 heteroatoms. The van der Waals surface area contributed by atoms with Crippen LogP contribution in [0.3, 0.4) is 0 Å². The van der Waals surface area contributed by atoms with E-state index in [4.69, 9.17) is 30.5 Å². The van der Waals surface area contributed by atoms with Crippen LogP contribution in [0.5, 0.6) is 17.2 Å². The number of amides is 2. The number of ether oxygens (including phenoxy) is 4. The van der Waals surface area contributed by atoms with E-state index < -0.39 is 24.3 Å². The number of nitrogens with one attached hydrogen (secondary N) is 3. The zero-order valence-electron chi connectivity index (χ0n) is 23.9. The van der Waals surface area contributed by atoms with Crippen molar-refractivity contribution in [3.8, 4) is 17.2 Å². The molecule has 0 unspecified atom stereocenters. The highest BCUT2D eigenvalue weighted by molar-refractivity contribution is 6.30. The van der Waals surface area contributed by atoms with Crippen molar-refractivity contribution in [3.05, 3.63) is 99.7 Å². The second-order valence-electron chi connectivity index (χ2n) is 9.37. The molecule has 2 amide bonds. The van der Waals surface area contributed by atoms with Crippen LogP contribution in [0.2, 0.25) is 5.02 Å². The molecule has 0 aliphatic carbocycles. The Morgan fingerprint density at radius 3 is 2.65 bits per heavy atom. The largest absolute Gasteiger partial charge is 0.490 e. The van der Waals surface area contributed by atoms with E-state index in [0.717, 1.165) is 5.56 Å². The average Bonchev–Trinajstić information content (AvgIpc) is 2.99. The summed E-state index contributed by atoms with van der Waals surface area (Å²) >= 11 is 6.06. The van der Waals surface area contributed by atoms with Gasteiger partial charge in [-0.05, 0) is 61.4 Å². The third-order valence-electron chi connectivity index (χ3n) is 6.30. The van der Waals surface area contributed by atoms with Gasteiger partial charge in [0.05, 0.1) is 31.5 Å². The van der Waals surface area contributed by atoms with Crippen LogP contribution < -0.4 is 30.3 Å². The highest BCUT2D eigenvalue weighted by Crippen LogP contribution is 2.35. The molecule has 0 saturated heterocycles. The van der Waals surface area contributed by atoms with E-state index in [1.165, 1.54) is 7.11 Å².